The summed E-state index contributed by atoms with van der Waals surface area (Å²) in [7, 11) is 0. The van der Waals surface area contributed by atoms with Crippen molar-refractivity contribution in [3.05, 3.63) is 63.3 Å². The minimum atomic E-state index is -0.634. The number of imide groups is 1. The highest BCUT2D eigenvalue weighted by Crippen LogP contribution is 2.55. The SMILES string of the molecule is CC1=CC(=O)C2=C(CC3C(=CCC4C(=O)N(C(C)(C)C)C(=O)C43)C2c2cc(C)c(O)c(C)c2)C1=O. The number of carbonyl (C=O) groups excluding carboxylic acids is 4. The Morgan fingerprint density at radius 3 is 2.17 bits per heavy atom. The van der Waals surface area contributed by atoms with Crippen LogP contribution in [-0.2, 0) is 19.2 Å². The summed E-state index contributed by atoms with van der Waals surface area (Å²) in [5, 5.41) is 10.4. The Bertz CT molecular complexity index is 1300. The molecule has 6 nitrogen and oxygen atoms in total. The number of likely N-dealkylation sites (tertiary alicyclic amines) is 1. The first kappa shape index (κ1) is 23.5. The number of phenolic OH excluding ortho intramolecular Hbond substituents is 1. The number of hydrogen-bond acceptors (Lipinski definition) is 5. The molecule has 2 amide bonds. The molecule has 1 fully saturated rings. The van der Waals surface area contributed by atoms with E-state index in [4.69, 9.17) is 0 Å². The van der Waals surface area contributed by atoms with E-state index in [0.717, 1.165) is 11.1 Å². The minimum absolute atomic E-state index is 0.155. The molecule has 1 aromatic rings. The van der Waals surface area contributed by atoms with Crippen LogP contribution in [0.25, 0.3) is 0 Å². The number of benzene rings is 1. The Hall–Kier alpha value is -3.28. The van der Waals surface area contributed by atoms with Crippen LogP contribution in [0.1, 0.15) is 63.1 Å². The van der Waals surface area contributed by atoms with E-state index in [1.165, 1.54) is 11.0 Å². The maximum atomic E-state index is 13.7. The zero-order chi connectivity index (χ0) is 25.6. The molecule has 3 aliphatic carbocycles. The number of carbonyl (C=O) groups is 4. The maximum absolute atomic E-state index is 13.7. The van der Waals surface area contributed by atoms with Gasteiger partial charge in [0.15, 0.2) is 11.6 Å². The summed E-state index contributed by atoms with van der Waals surface area (Å²) in [5.41, 5.74) is 3.81. The van der Waals surface area contributed by atoms with Crippen molar-refractivity contribution in [2.75, 3.05) is 0 Å². The van der Waals surface area contributed by atoms with Gasteiger partial charge in [-0.3, -0.25) is 24.1 Å². The summed E-state index contributed by atoms with van der Waals surface area (Å²) in [6.07, 6.45) is 4.14. The molecule has 0 saturated carbocycles. The van der Waals surface area contributed by atoms with Crippen LogP contribution in [0, 0.1) is 31.6 Å². The fourth-order valence-corrected chi connectivity index (χ4v) is 6.58. The van der Waals surface area contributed by atoms with Gasteiger partial charge in [0.2, 0.25) is 11.8 Å². The summed E-state index contributed by atoms with van der Waals surface area (Å²) >= 11 is 0. The number of fused-ring (bicyclic) bond motifs is 3. The second kappa shape index (κ2) is 7.61. The van der Waals surface area contributed by atoms with Gasteiger partial charge in [-0.15, -0.1) is 0 Å². The highest BCUT2D eigenvalue weighted by molar-refractivity contribution is 6.23. The van der Waals surface area contributed by atoms with E-state index in [2.05, 4.69) is 0 Å². The smallest absolute Gasteiger partial charge is 0.234 e. The fourth-order valence-electron chi connectivity index (χ4n) is 6.58. The molecule has 1 aliphatic heterocycles. The molecular weight excluding hydrogens is 442 g/mol. The van der Waals surface area contributed by atoms with Crippen LogP contribution < -0.4 is 0 Å². The third kappa shape index (κ3) is 3.29. The number of amides is 2. The predicted molar refractivity (Wildman–Crippen MR) is 131 cm³/mol. The lowest BCUT2D eigenvalue weighted by Crippen LogP contribution is -2.46. The molecule has 1 heterocycles. The number of ketones is 2. The average molecular weight is 474 g/mol. The lowest BCUT2D eigenvalue weighted by Gasteiger charge is -2.42. The van der Waals surface area contributed by atoms with Crippen molar-refractivity contribution in [3.63, 3.8) is 0 Å². The van der Waals surface area contributed by atoms with Crippen molar-refractivity contribution in [1.29, 1.82) is 0 Å². The largest absolute Gasteiger partial charge is 0.507 e. The Kier molecular flexibility index (Phi) is 5.10. The molecule has 1 N–H and O–H groups in total. The lowest BCUT2D eigenvalue weighted by molar-refractivity contribution is -0.145. The molecule has 0 spiro atoms. The maximum Gasteiger partial charge on any atom is 0.234 e. The molecule has 1 saturated heterocycles. The minimum Gasteiger partial charge on any atom is -0.507 e. The number of aromatic hydroxyl groups is 1. The van der Waals surface area contributed by atoms with E-state index >= 15 is 0 Å². The summed E-state index contributed by atoms with van der Waals surface area (Å²) < 4.78 is 0. The molecule has 182 valence electrons. The van der Waals surface area contributed by atoms with Crippen LogP contribution in [0.4, 0.5) is 0 Å². The number of aryl methyl sites for hydroxylation is 2. The highest BCUT2D eigenvalue weighted by atomic mass is 16.3. The summed E-state index contributed by atoms with van der Waals surface area (Å²) in [4.78, 5) is 55.0. The molecule has 6 heteroatoms. The van der Waals surface area contributed by atoms with Gasteiger partial charge in [-0.05, 0) is 83.1 Å². The van der Waals surface area contributed by atoms with Gasteiger partial charge in [-0.25, -0.2) is 0 Å². The van der Waals surface area contributed by atoms with Gasteiger partial charge in [0.05, 0.1) is 11.8 Å². The highest BCUT2D eigenvalue weighted by Gasteiger charge is 2.58. The lowest BCUT2D eigenvalue weighted by atomic mass is 9.59. The normalized spacial score (nSPS) is 28.6. The standard InChI is InChI=1S/C29H31NO5/c1-13-9-16(10-14(2)25(13)32)22-17-7-8-18-23(28(35)30(27(18)34)29(4,5)6)19(17)12-20-24(22)21(31)11-15(3)26(20)33/h7,9-11,18-19,22-23,32H,8,12H2,1-6H3. The molecule has 4 unspecified atom stereocenters. The molecule has 4 atom stereocenters. The second-order valence-electron chi connectivity index (χ2n) is 11.4. The van der Waals surface area contributed by atoms with Gasteiger partial charge in [0.1, 0.15) is 5.75 Å². The Labute approximate surface area is 205 Å². The van der Waals surface area contributed by atoms with Crippen molar-refractivity contribution >= 4 is 23.4 Å². The molecule has 5 rings (SSSR count). The van der Waals surface area contributed by atoms with Crippen molar-refractivity contribution in [2.45, 2.75) is 65.8 Å². The van der Waals surface area contributed by atoms with Gasteiger partial charge >= 0.3 is 0 Å². The molecule has 0 bridgehead atoms. The Morgan fingerprint density at radius 2 is 1.57 bits per heavy atom. The van der Waals surface area contributed by atoms with E-state index in [1.54, 1.807) is 6.92 Å². The van der Waals surface area contributed by atoms with E-state index in [1.807, 2.05) is 52.8 Å². The Morgan fingerprint density at radius 1 is 0.943 bits per heavy atom. The molecule has 4 aliphatic rings. The zero-order valence-corrected chi connectivity index (χ0v) is 21.1. The topological polar surface area (TPSA) is 91.8 Å². The fraction of sp³-hybridized carbons (Fsp3) is 0.448. The number of nitrogens with zero attached hydrogens (tertiary/aromatic N) is 1. The van der Waals surface area contributed by atoms with Crippen LogP contribution in [0.3, 0.4) is 0 Å². The third-order valence-corrected chi connectivity index (χ3v) is 8.08. The van der Waals surface area contributed by atoms with Crippen LogP contribution >= 0.6 is 0 Å². The van der Waals surface area contributed by atoms with E-state index in [-0.39, 0.29) is 41.5 Å². The molecule has 0 aromatic heterocycles. The monoisotopic (exact) mass is 473 g/mol. The predicted octanol–water partition coefficient (Wildman–Crippen LogP) is 4.24. The second-order valence-corrected chi connectivity index (χ2v) is 11.4. The number of Topliss-reactive ketones (excluding diaryl/α,β-unsaturated/α-hetero) is 1. The first-order valence-corrected chi connectivity index (χ1v) is 12.2. The van der Waals surface area contributed by atoms with Crippen molar-refractivity contribution in [1.82, 2.24) is 4.90 Å². The van der Waals surface area contributed by atoms with Gasteiger partial charge < -0.3 is 5.11 Å². The van der Waals surface area contributed by atoms with Crippen molar-refractivity contribution in [3.8, 4) is 5.75 Å². The first-order chi connectivity index (χ1) is 16.3. The summed E-state index contributed by atoms with van der Waals surface area (Å²) in [5.74, 6) is -2.32. The van der Waals surface area contributed by atoms with Crippen LogP contribution in [-0.4, -0.2) is 38.9 Å². The van der Waals surface area contributed by atoms with Gasteiger partial charge in [-0.1, -0.05) is 23.8 Å². The van der Waals surface area contributed by atoms with Gasteiger partial charge in [-0.2, -0.15) is 0 Å². The number of rotatable bonds is 1. The zero-order valence-electron chi connectivity index (χ0n) is 21.1. The number of hydrogen-bond donors (Lipinski definition) is 1. The van der Waals surface area contributed by atoms with Crippen molar-refractivity contribution in [2.24, 2.45) is 17.8 Å². The van der Waals surface area contributed by atoms with Crippen LogP contribution in [0.5, 0.6) is 5.75 Å². The van der Waals surface area contributed by atoms with Gasteiger partial charge in [0.25, 0.3) is 0 Å². The first-order valence-electron chi connectivity index (χ1n) is 12.2. The Balaban J connectivity index is 1.71. The molecule has 0 radical (unpaired) electrons. The third-order valence-electron chi connectivity index (χ3n) is 8.08. The molecular formula is C29H31NO5. The number of allylic oxidation sites excluding steroid dienone is 6. The summed E-state index contributed by atoms with van der Waals surface area (Å²) in [6, 6.07) is 3.72. The van der Waals surface area contributed by atoms with E-state index < -0.39 is 23.3 Å². The van der Waals surface area contributed by atoms with Crippen LogP contribution in [0.2, 0.25) is 0 Å². The molecule has 35 heavy (non-hydrogen) atoms. The quantitative estimate of drug-likeness (QED) is 0.374. The molecule has 1 aromatic carbocycles. The average Bonchev–Trinajstić information content (AvgIpc) is 3.04. The van der Waals surface area contributed by atoms with Crippen molar-refractivity contribution < 1.29 is 24.3 Å². The summed E-state index contributed by atoms with van der Waals surface area (Å²) in [6.45, 7) is 10.8. The number of phenols is 1. The van der Waals surface area contributed by atoms with Gasteiger partial charge in [0, 0.05) is 28.2 Å². The van der Waals surface area contributed by atoms with E-state index in [9.17, 15) is 24.3 Å². The van der Waals surface area contributed by atoms with Crippen LogP contribution in [0.15, 0.2) is 46.6 Å². The van der Waals surface area contributed by atoms with E-state index in [0.29, 0.717) is 34.3 Å².